The fourth-order valence-corrected chi connectivity index (χ4v) is 2.20. The minimum atomic E-state index is -0.251. The molecule has 1 amide bonds. The molecule has 0 aliphatic rings. The van der Waals surface area contributed by atoms with Gasteiger partial charge in [0, 0.05) is 35.4 Å². The predicted molar refractivity (Wildman–Crippen MR) is 71.7 cm³/mol. The zero-order chi connectivity index (χ0) is 12.8. The Morgan fingerprint density at radius 1 is 1.18 bits per heavy atom. The number of benzene rings is 1. The van der Waals surface area contributed by atoms with Crippen molar-refractivity contribution in [3.63, 3.8) is 0 Å². The van der Waals surface area contributed by atoms with Gasteiger partial charge in [0.1, 0.15) is 0 Å². The number of nitrogens with zero attached hydrogens (tertiary/aromatic N) is 1. The van der Waals surface area contributed by atoms with Crippen LogP contribution in [0.4, 0.5) is 4.79 Å². The van der Waals surface area contributed by atoms with E-state index in [1.54, 1.807) is 29.2 Å². The molecule has 0 heterocycles. The van der Waals surface area contributed by atoms with Gasteiger partial charge in [0.15, 0.2) is 0 Å². The average Bonchev–Trinajstić information content (AvgIpc) is 2.31. The van der Waals surface area contributed by atoms with Crippen LogP contribution >= 0.6 is 23.4 Å². The van der Waals surface area contributed by atoms with Crippen LogP contribution in [0.1, 0.15) is 24.2 Å². The molecule has 0 unspecified atom stereocenters. The van der Waals surface area contributed by atoms with Crippen molar-refractivity contribution in [3.8, 4) is 0 Å². The number of rotatable bonds is 3. The van der Waals surface area contributed by atoms with Gasteiger partial charge >= 0.3 is 0 Å². The molecule has 3 nitrogen and oxygen atoms in total. The van der Waals surface area contributed by atoms with E-state index in [9.17, 15) is 9.59 Å². The molecule has 0 fully saturated rings. The third kappa shape index (κ3) is 4.06. The fraction of sp³-hybridized carbons (Fsp3) is 0.333. The van der Waals surface area contributed by atoms with Crippen molar-refractivity contribution in [3.05, 3.63) is 34.9 Å². The molecule has 0 saturated carbocycles. The number of hydrogen-bond donors (Lipinski definition) is 0. The lowest BCUT2D eigenvalue weighted by Crippen LogP contribution is -2.27. The molecule has 0 bridgehead atoms. The molecule has 0 aliphatic heterocycles. The molecule has 1 aromatic rings. The molecule has 0 atom stereocenters. The monoisotopic (exact) mass is 271 g/mol. The second-order valence-corrected chi connectivity index (χ2v) is 4.70. The second kappa shape index (κ2) is 6.67. The topological polar surface area (TPSA) is 37.4 Å². The van der Waals surface area contributed by atoms with Gasteiger partial charge < -0.3 is 4.90 Å². The maximum absolute atomic E-state index is 11.8. The van der Waals surface area contributed by atoms with Gasteiger partial charge in [-0.25, -0.2) is 0 Å². The highest BCUT2D eigenvalue weighted by atomic mass is 35.5. The van der Waals surface area contributed by atoms with Crippen LogP contribution in [0.5, 0.6) is 0 Å². The van der Waals surface area contributed by atoms with E-state index < -0.39 is 0 Å². The Morgan fingerprint density at radius 3 is 2.18 bits per heavy atom. The van der Waals surface area contributed by atoms with Gasteiger partial charge in [-0.15, -0.1) is 0 Å². The van der Waals surface area contributed by atoms with Crippen molar-refractivity contribution >= 4 is 33.7 Å². The van der Waals surface area contributed by atoms with Crippen molar-refractivity contribution in [2.75, 3.05) is 13.1 Å². The number of halogens is 1. The van der Waals surface area contributed by atoms with E-state index in [4.69, 9.17) is 11.6 Å². The number of amides is 1. The first-order valence-corrected chi connectivity index (χ1v) is 6.54. The molecule has 0 saturated heterocycles. The van der Waals surface area contributed by atoms with E-state index >= 15 is 0 Å². The van der Waals surface area contributed by atoms with E-state index in [2.05, 4.69) is 0 Å². The first kappa shape index (κ1) is 14.1. The SMILES string of the molecule is CCN(CC)C(=O)SC(=O)c1ccc(Cl)cc1. The lowest BCUT2D eigenvalue weighted by Gasteiger charge is -2.16. The van der Waals surface area contributed by atoms with Crippen molar-refractivity contribution < 1.29 is 9.59 Å². The molecule has 0 radical (unpaired) electrons. The van der Waals surface area contributed by atoms with Crippen molar-refractivity contribution in [1.29, 1.82) is 0 Å². The zero-order valence-electron chi connectivity index (χ0n) is 9.77. The fourth-order valence-electron chi connectivity index (χ4n) is 1.27. The van der Waals surface area contributed by atoms with Gasteiger partial charge in [-0.05, 0) is 38.1 Å². The molecule has 1 rings (SSSR count). The summed E-state index contributed by atoms with van der Waals surface area (Å²) < 4.78 is 0. The molecule has 0 spiro atoms. The molecule has 0 aliphatic carbocycles. The summed E-state index contributed by atoms with van der Waals surface area (Å²) in [6, 6.07) is 6.51. The lowest BCUT2D eigenvalue weighted by atomic mass is 10.2. The summed E-state index contributed by atoms with van der Waals surface area (Å²) in [6.07, 6.45) is 0. The van der Waals surface area contributed by atoms with Crippen LogP contribution in [-0.2, 0) is 0 Å². The van der Waals surface area contributed by atoms with Crippen LogP contribution in [0.3, 0.4) is 0 Å². The summed E-state index contributed by atoms with van der Waals surface area (Å²) in [5.74, 6) is 0. The maximum atomic E-state index is 11.8. The predicted octanol–water partition coefficient (Wildman–Crippen LogP) is 3.68. The lowest BCUT2D eigenvalue weighted by molar-refractivity contribution is 0.108. The number of carbonyl (C=O) groups excluding carboxylic acids is 2. The van der Waals surface area contributed by atoms with Gasteiger partial charge in [0.25, 0.3) is 5.24 Å². The highest BCUT2D eigenvalue weighted by Crippen LogP contribution is 2.18. The smallest absolute Gasteiger partial charge is 0.289 e. The highest BCUT2D eigenvalue weighted by Gasteiger charge is 2.16. The van der Waals surface area contributed by atoms with Crippen LogP contribution in [0.2, 0.25) is 5.02 Å². The Bertz CT molecular complexity index is 401. The summed E-state index contributed by atoms with van der Waals surface area (Å²) in [5.41, 5.74) is 0.486. The van der Waals surface area contributed by atoms with E-state index in [1.165, 1.54) is 0 Å². The molecule has 0 aromatic heterocycles. The molecule has 1 aromatic carbocycles. The molecule has 17 heavy (non-hydrogen) atoms. The van der Waals surface area contributed by atoms with E-state index in [-0.39, 0.29) is 10.4 Å². The summed E-state index contributed by atoms with van der Waals surface area (Å²) in [6.45, 7) is 4.98. The Labute approximate surface area is 110 Å². The molecule has 92 valence electrons. The van der Waals surface area contributed by atoms with Gasteiger partial charge in [-0.1, -0.05) is 11.6 Å². The summed E-state index contributed by atoms with van der Waals surface area (Å²) in [7, 11) is 0. The number of carbonyl (C=O) groups is 2. The third-order valence-electron chi connectivity index (χ3n) is 2.28. The normalized spacial score (nSPS) is 10.1. The minimum absolute atomic E-state index is 0.213. The van der Waals surface area contributed by atoms with E-state index in [1.807, 2.05) is 13.8 Å². The second-order valence-electron chi connectivity index (χ2n) is 3.33. The highest BCUT2D eigenvalue weighted by molar-refractivity contribution is 8.26. The molecular formula is C12H14ClNO2S. The van der Waals surface area contributed by atoms with Crippen LogP contribution < -0.4 is 0 Å². The quantitative estimate of drug-likeness (QED) is 0.842. The summed E-state index contributed by atoms with van der Waals surface area (Å²) in [4.78, 5) is 25.1. The van der Waals surface area contributed by atoms with E-state index in [0.717, 1.165) is 11.8 Å². The summed E-state index contributed by atoms with van der Waals surface area (Å²) >= 11 is 6.44. The number of thioether (sulfide) groups is 1. The molecule has 0 N–H and O–H groups in total. The standard InChI is InChI=1S/C12H14ClNO2S/c1-3-14(4-2)12(16)17-11(15)9-5-7-10(13)8-6-9/h5-8H,3-4H2,1-2H3. The zero-order valence-corrected chi connectivity index (χ0v) is 11.3. The molecular weight excluding hydrogens is 258 g/mol. The van der Waals surface area contributed by atoms with Crippen LogP contribution in [0, 0.1) is 0 Å². The maximum Gasteiger partial charge on any atom is 0.289 e. The third-order valence-corrected chi connectivity index (χ3v) is 3.39. The Hall–Kier alpha value is -1.00. The first-order chi connectivity index (χ1) is 8.08. The van der Waals surface area contributed by atoms with Gasteiger partial charge in [0.05, 0.1) is 0 Å². The van der Waals surface area contributed by atoms with Crippen molar-refractivity contribution in [2.24, 2.45) is 0 Å². The Morgan fingerprint density at radius 2 is 1.71 bits per heavy atom. The first-order valence-electron chi connectivity index (χ1n) is 5.35. The van der Waals surface area contributed by atoms with Crippen LogP contribution in [0.25, 0.3) is 0 Å². The van der Waals surface area contributed by atoms with Gasteiger partial charge in [-0.3, -0.25) is 9.59 Å². The van der Waals surface area contributed by atoms with Crippen LogP contribution in [-0.4, -0.2) is 28.3 Å². The largest absolute Gasteiger partial charge is 0.334 e. The number of hydrogen-bond acceptors (Lipinski definition) is 3. The van der Waals surface area contributed by atoms with E-state index in [0.29, 0.717) is 23.7 Å². The Kier molecular flexibility index (Phi) is 5.51. The van der Waals surface area contributed by atoms with Gasteiger partial charge in [0.2, 0.25) is 5.12 Å². The van der Waals surface area contributed by atoms with Crippen molar-refractivity contribution in [1.82, 2.24) is 4.90 Å². The average molecular weight is 272 g/mol. The molecule has 5 heteroatoms. The van der Waals surface area contributed by atoms with Crippen LogP contribution in [0.15, 0.2) is 24.3 Å². The Balaban J connectivity index is 2.66. The van der Waals surface area contributed by atoms with Crippen molar-refractivity contribution in [2.45, 2.75) is 13.8 Å². The summed E-state index contributed by atoms with van der Waals surface area (Å²) in [5, 5.41) is 0.107. The minimum Gasteiger partial charge on any atom is -0.334 e. The van der Waals surface area contributed by atoms with Gasteiger partial charge in [-0.2, -0.15) is 0 Å².